The summed E-state index contributed by atoms with van der Waals surface area (Å²) in [6.45, 7) is 9.85. The van der Waals surface area contributed by atoms with Crippen LogP contribution >= 0.6 is 11.3 Å². The zero-order chi connectivity index (χ0) is 19.8. The Labute approximate surface area is 162 Å². The molecular formula is C21H23FN2O2S. The number of halogens is 1. The Hall–Kier alpha value is -2.47. The summed E-state index contributed by atoms with van der Waals surface area (Å²) in [4.78, 5) is 17.5. The lowest BCUT2D eigenvalue weighted by Crippen LogP contribution is -2.30. The Kier molecular flexibility index (Phi) is 5.20. The van der Waals surface area contributed by atoms with E-state index in [0.29, 0.717) is 28.0 Å². The van der Waals surface area contributed by atoms with Gasteiger partial charge in [0.15, 0.2) is 0 Å². The first-order valence-corrected chi connectivity index (χ1v) is 9.57. The highest BCUT2D eigenvalue weighted by Gasteiger charge is 2.25. The van der Waals surface area contributed by atoms with Gasteiger partial charge in [0.25, 0.3) is 0 Å². The summed E-state index contributed by atoms with van der Waals surface area (Å²) in [6, 6.07) is 4.94. The van der Waals surface area contributed by atoms with Crippen molar-refractivity contribution in [2.24, 2.45) is 4.99 Å². The number of hydrogen-bond donors (Lipinski definition) is 1. The van der Waals surface area contributed by atoms with Crippen molar-refractivity contribution in [3.8, 4) is 0 Å². The molecule has 0 radical (unpaired) electrons. The number of fused-ring (bicyclic) bond motifs is 1. The summed E-state index contributed by atoms with van der Waals surface area (Å²) in [5.74, 6) is -0.820. The number of nitrogens with zero attached hydrogens (tertiary/aromatic N) is 1. The second-order valence-electron chi connectivity index (χ2n) is 7.63. The predicted molar refractivity (Wildman–Crippen MR) is 108 cm³/mol. The molecule has 6 heteroatoms. The number of rotatable bonds is 3. The van der Waals surface area contributed by atoms with Crippen LogP contribution in [0.5, 0.6) is 0 Å². The summed E-state index contributed by atoms with van der Waals surface area (Å²) in [5.41, 5.74) is 2.00. The Morgan fingerprint density at radius 3 is 2.67 bits per heavy atom. The maximum atomic E-state index is 14.3. The molecule has 1 aliphatic rings. The minimum Gasteiger partial charge on any atom is -0.456 e. The van der Waals surface area contributed by atoms with Crippen molar-refractivity contribution in [3.63, 3.8) is 0 Å². The quantitative estimate of drug-likeness (QED) is 0.802. The van der Waals surface area contributed by atoms with Gasteiger partial charge in [0, 0.05) is 5.22 Å². The van der Waals surface area contributed by atoms with E-state index in [1.165, 1.54) is 17.4 Å². The molecule has 1 N–H and O–H groups in total. The average molecular weight is 386 g/mol. The van der Waals surface area contributed by atoms with Crippen LogP contribution in [0.4, 0.5) is 15.1 Å². The number of carbonyl (C=O) groups is 1. The summed E-state index contributed by atoms with van der Waals surface area (Å²) >= 11 is 1.33. The number of hydrogen-bond acceptors (Lipinski definition) is 5. The Balaban J connectivity index is 2.14. The van der Waals surface area contributed by atoms with Gasteiger partial charge < -0.3 is 10.1 Å². The Morgan fingerprint density at radius 1 is 1.26 bits per heavy atom. The van der Waals surface area contributed by atoms with Gasteiger partial charge >= 0.3 is 5.97 Å². The predicted octanol–water partition coefficient (Wildman–Crippen LogP) is 4.25. The SMILES string of the molecule is CC1=CC=c2c(C(=O)OC(C)(C)C)c(Nc3ccc(C)cc3F)sc2=NC1. The van der Waals surface area contributed by atoms with Gasteiger partial charge in [0.1, 0.15) is 26.7 Å². The monoisotopic (exact) mass is 386 g/mol. The highest BCUT2D eigenvalue weighted by Crippen LogP contribution is 2.26. The highest BCUT2D eigenvalue weighted by molar-refractivity contribution is 7.14. The van der Waals surface area contributed by atoms with E-state index >= 15 is 0 Å². The van der Waals surface area contributed by atoms with Crippen LogP contribution in [0.2, 0.25) is 0 Å². The molecule has 0 spiro atoms. The second kappa shape index (κ2) is 7.27. The van der Waals surface area contributed by atoms with Gasteiger partial charge in [0.05, 0.1) is 12.2 Å². The van der Waals surface area contributed by atoms with E-state index in [0.717, 1.165) is 15.8 Å². The first-order valence-electron chi connectivity index (χ1n) is 8.75. The second-order valence-corrected chi connectivity index (χ2v) is 8.63. The van der Waals surface area contributed by atoms with E-state index in [1.807, 2.05) is 52.8 Å². The minimum atomic E-state index is -0.633. The molecule has 1 aromatic heterocycles. The van der Waals surface area contributed by atoms with Crippen molar-refractivity contribution in [2.45, 2.75) is 40.2 Å². The van der Waals surface area contributed by atoms with Crippen molar-refractivity contribution in [3.05, 3.63) is 56.7 Å². The minimum absolute atomic E-state index is 0.313. The Morgan fingerprint density at radius 2 is 2.00 bits per heavy atom. The van der Waals surface area contributed by atoms with Crippen molar-refractivity contribution in [1.29, 1.82) is 0 Å². The van der Waals surface area contributed by atoms with Crippen LogP contribution in [0.3, 0.4) is 0 Å². The normalized spacial score (nSPS) is 13.6. The van der Waals surface area contributed by atoms with E-state index in [1.54, 1.807) is 6.07 Å². The van der Waals surface area contributed by atoms with E-state index in [-0.39, 0.29) is 5.82 Å². The number of anilines is 2. The van der Waals surface area contributed by atoms with E-state index in [9.17, 15) is 9.18 Å². The zero-order valence-electron chi connectivity index (χ0n) is 16.1. The van der Waals surface area contributed by atoms with Crippen LogP contribution in [0.25, 0.3) is 6.08 Å². The molecule has 2 heterocycles. The summed E-state index contributed by atoms with van der Waals surface area (Å²) in [5, 5.41) is 4.31. The molecule has 0 amide bonds. The molecule has 27 heavy (non-hydrogen) atoms. The van der Waals surface area contributed by atoms with Gasteiger partial charge in [-0.2, -0.15) is 0 Å². The van der Waals surface area contributed by atoms with Crippen molar-refractivity contribution in [1.82, 2.24) is 0 Å². The Bertz CT molecular complexity index is 1050. The molecule has 0 fully saturated rings. The first kappa shape index (κ1) is 19.3. The smallest absolute Gasteiger partial charge is 0.342 e. The molecule has 0 aliphatic carbocycles. The van der Waals surface area contributed by atoms with Crippen LogP contribution in [-0.4, -0.2) is 18.1 Å². The number of carbonyl (C=O) groups excluding carboxylic acids is 1. The fourth-order valence-corrected chi connectivity index (χ4v) is 3.70. The molecule has 0 saturated carbocycles. The number of esters is 1. The maximum Gasteiger partial charge on any atom is 0.342 e. The lowest BCUT2D eigenvalue weighted by Gasteiger charge is -2.19. The zero-order valence-corrected chi connectivity index (χ0v) is 17.0. The molecule has 4 nitrogen and oxygen atoms in total. The average Bonchev–Trinajstić information content (AvgIpc) is 2.79. The molecule has 1 aliphatic heterocycles. The number of aryl methyl sites for hydroxylation is 1. The summed E-state index contributed by atoms with van der Waals surface area (Å²) in [7, 11) is 0. The first-order chi connectivity index (χ1) is 12.6. The largest absolute Gasteiger partial charge is 0.456 e. The molecule has 0 saturated heterocycles. The van der Waals surface area contributed by atoms with Crippen LogP contribution in [0, 0.1) is 12.7 Å². The van der Waals surface area contributed by atoms with Crippen molar-refractivity contribution >= 4 is 34.1 Å². The van der Waals surface area contributed by atoms with Crippen molar-refractivity contribution < 1.29 is 13.9 Å². The van der Waals surface area contributed by atoms with Crippen LogP contribution in [0.15, 0.2) is 34.8 Å². The van der Waals surface area contributed by atoms with Gasteiger partial charge in [-0.05, 0) is 52.3 Å². The molecule has 1 aromatic carbocycles. The molecule has 2 aromatic rings. The fourth-order valence-electron chi connectivity index (χ4n) is 2.64. The van der Waals surface area contributed by atoms with Gasteiger partial charge in [-0.1, -0.05) is 35.1 Å². The number of nitrogens with one attached hydrogen (secondary N) is 1. The third-order valence-electron chi connectivity index (χ3n) is 3.91. The van der Waals surface area contributed by atoms with Crippen LogP contribution in [-0.2, 0) is 4.74 Å². The van der Waals surface area contributed by atoms with Gasteiger partial charge in [-0.15, -0.1) is 0 Å². The van der Waals surface area contributed by atoms with Crippen LogP contribution < -0.4 is 15.2 Å². The van der Waals surface area contributed by atoms with Gasteiger partial charge in [0.2, 0.25) is 0 Å². The molecule has 0 bridgehead atoms. The molecule has 0 unspecified atom stereocenters. The van der Waals surface area contributed by atoms with Gasteiger partial charge in [-0.25, -0.2) is 9.18 Å². The number of ether oxygens (including phenoxy) is 1. The van der Waals surface area contributed by atoms with E-state index in [4.69, 9.17) is 4.74 Å². The maximum absolute atomic E-state index is 14.3. The third-order valence-corrected chi connectivity index (χ3v) is 4.96. The van der Waals surface area contributed by atoms with Gasteiger partial charge in [-0.3, -0.25) is 4.99 Å². The molecule has 142 valence electrons. The van der Waals surface area contributed by atoms with E-state index < -0.39 is 11.6 Å². The summed E-state index contributed by atoms with van der Waals surface area (Å²) in [6.07, 6.45) is 3.83. The highest BCUT2D eigenvalue weighted by atomic mass is 32.1. The lowest BCUT2D eigenvalue weighted by atomic mass is 10.1. The number of benzene rings is 1. The molecule has 0 atom stereocenters. The summed E-state index contributed by atoms with van der Waals surface area (Å²) < 4.78 is 20.7. The lowest BCUT2D eigenvalue weighted by molar-refractivity contribution is 0.00699. The van der Waals surface area contributed by atoms with Crippen molar-refractivity contribution in [2.75, 3.05) is 11.9 Å². The van der Waals surface area contributed by atoms with Crippen LogP contribution in [0.1, 0.15) is 43.6 Å². The number of allylic oxidation sites excluding steroid dienone is 1. The molecular weight excluding hydrogens is 363 g/mol. The topological polar surface area (TPSA) is 50.7 Å². The standard InChI is InChI=1S/C21H23FN2O2S/c1-12-7-9-16(15(22)10-12)24-19-17(20(25)26-21(3,4)5)14-8-6-13(2)11-23-18(14)27-19/h6-10,24H,11H2,1-5H3. The number of thiophene rings is 1. The molecule has 3 rings (SSSR count). The van der Waals surface area contributed by atoms with E-state index in [2.05, 4.69) is 10.3 Å². The third kappa shape index (κ3) is 4.45. The fraction of sp³-hybridized carbons (Fsp3) is 0.333.